The van der Waals surface area contributed by atoms with Gasteiger partial charge >= 0.3 is 12.1 Å². The Bertz CT molecular complexity index is 432. The Morgan fingerprint density at radius 2 is 2.13 bits per heavy atom. The number of nitro benzene ring substituents is 1. The predicted molar refractivity (Wildman–Crippen MR) is 49.5 cm³/mol. The zero-order chi connectivity index (χ0) is 11.3. The second-order valence-electron chi connectivity index (χ2n) is 2.44. The van der Waals surface area contributed by atoms with E-state index in [1.54, 1.807) is 0 Å². The molecule has 0 spiro atoms. The highest BCUT2D eigenvalue weighted by atomic mass is 16.6. The molecule has 7 heteroatoms. The summed E-state index contributed by atoms with van der Waals surface area (Å²) in [5, 5.41) is 27.3. The first-order valence-electron chi connectivity index (χ1n) is 3.79. The van der Waals surface area contributed by atoms with Crippen LogP contribution in [0.2, 0.25) is 0 Å². The molecule has 1 aromatic carbocycles. The summed E-state index contributed by atoms with van der Waals surface area (Å²) in [6.45, 7) is 0. The van der Waals surface area contributed by atoms with Crippen molar-refractivity contribution in [2.24, 2.45) is 0 Å². The maximum atomic E-state index is 10.3. The molecule has 1 N–H and O–H groups in total. The molecule has 0 heterocycles. The molecule has 0 saturated carbocycles. The molecule has 0 atom stereocenters. The number of rotatable bonds is 3. The number of aliphatic hydroxyl groups excluding tert-OH is 1. The molecule has 0 aromatic heterocycles. The maximum absolute atomic E-state index is 10.3. The van der Waals surface area contributed by atoms with Crippen LogP contribution in [0.25, 0.3) is 4.98 Å². The number of aliphatic hydroxyl groups is 1. The van der Waals surface area contributed by atoms with Gasteiger partial charge < -0.3 is 9.84 Å². The van der Waals surface area contributed by atoms with Crippen molar-refractivity contribution in [3.63, 3.8) is 0 Å². The van der Waals surface area contributed by atoms with Crippen LogP contribution in [0, 0.1) is 15.5 Å². The van der Waals surface area contributed by atoms with E-state index in [4.69, 9.17) is 15.2 Å². The molecule has 0 amide bonds. The van der Waals surface area contributed by atoms with Gasteiger partial charge in [-0.2, -0.15) is 0 Å². The van der Waals surface area contributed by atoms with Crippen molar-refractivity contribution in [1.82, 2.24) is 0 Å². The van der Waals surface area contributed by atoms with E-state index >= 15 is 0 Å². The quantitative estimate of drug-likeness (QED) is 0.355. The molecule has 0 unspecified atom stereocenters. The third-order valence-corrected chi connectivity index (χ3v) is 1.44. The number of diazo groups is 1. The van der Waals surface area contributed by atoms with Gasteiger partial charge in [-0.25, -0.2) is 0 Å². The first-order chi connectivity index (χ1) is 7.13. The maximum Gasteiger partial charge on any atom is 0.430 e. The Kier molecular flexibility index (Phi) is 3.19. The molecule has 1 aromatic rings. The number of benzene rings is 1. The molecular formula is C8H6N3O4+. The van der Waals surface area contributed by atoms with E-state index in [1.807, 2.05) is 0 Å². The zero-order valence-corrected chi connectivity index (χ0v) is 7.40. The Morgan fingerprint density at radius 3 is 2.60 bits per heavy atom. The molecule has 0 saturated heterocycles. The van der Waals surface area contributed by atoms with Crippen molar-refractivity contribution >= 4 is 5.69 Å². The van der Waals surface area contributed by atoms with Gasteiger partial charge in [0.1, 0.15) is 5.75 Å². The lowest BCUT2D eigenvalue weighted by Crippen LogP contribution is -1.93. The van der Waals surface area contributed by atoms with E-state index in [1.165, 1.54) is 24.3 Å². The smallest absolute Gasteiger partial charge is 0.430 e. The van der Waals surface area contributed by atoms with Crippen molar-refractivity contribution in [3.05, 3.63) is 51.5 Å². The number of non-ortho nitro benzene ring substituents is 1. The summed E-state index contributed by atoms with van der Waals surface area (Å²) < 4.78 is 4.73. The van der Waals surface area contributed by atoms with E-state index in [-0.39, 0.29) is 11.4 Å². The largest absolute Gasteiger partial charge is 0.475 e. The minimum absolute atomic E-state index is 0.0855. The minimum Gasteiger partial charge on any atom is -0.475 e. The molecule has 0 aliphatic carbocycles. The fourth-order valence-corrected chi connectivity index (χ4v) is 0.832. The van der Waals surface area contributed by atoms with E-state index in [9.17, 15) is 10.1 Å². The van der Waals surface area contributed by atoms with Crippen LogP contribution in [-0.2, 0) is 0 Å². The standard InChI is InChI=1S/C8H5N3O4/c9-10-5-8(12)15-7-3-1-6(2-4-7)11(13)14/h1-5H/p+1. The topological polar surface area (TPSA) is 101 Å². The molecule has 76 valence electrons. The molecular weight excluding hydrogens is 202 g/mol. The number of hydrogen-bond donors (Lipinski definition) is 1. The van der Waals surface area contributed by atoms with E-state index in [0.29, 0.717) is 6.20 Å². The van der Waals surface area contributed by atoms with Crippen LogP contribution in [-0.4, -0.2) is 10.0 Å². The highest BCUT2D eigenvalue weighted by Gasteiger charge is 2.07. The fraction of sp³-hybridized carbons (Fsp3) is 0. The van der Waals surface area contributed by atoms with Crippen LogP contribution in [0.5, 0.6) is 5.75 Å². The van der Waals surface area contributed by atoms with Gasteiger partial charge in [-0.3, -0.25) is 10.1 Å². The summed E-state index contributed by atoms with van der Waals surface area (Å²) in [6.07, 6.45) is 0.682. The minimum atomic E-state index is -0.619. The number of nitrogens with zero attached hydrogens (tertiary/aromatic N) is 3. The van der Waals surface area contributed by atoms with Gasteiger partial charge in [-0.05, 0) is 12.1 Å². The molecule has 0 aliphatic rings. The molecule has 15 heavy (non-hydrogen) atoms. The van der Waals surface area contributed by atoms with Gasteiger partial charge in [0.25, 0.3) is 5.69 Å². The number of nitro groups is 1. The molecule has 0 fully saturated rings. The van der Waals surface area contributed by atoms with Crippen LogP contribution >= 0.6 is 0 Å². The monoisotopic (exact) mass is 208 g/mol. The second kappa shape index (κ2) is 4.57. The third kappa shape index (κ3) is 2.96. The summed E-state index contributed by atoms with van der Waals surface area (Å²) >= 11 is 0. The van der Waals surface area contributed by atoms with Gasteiger partial charge in [0.15, 0.2) is 4.98 Å². The summed E-state index contributed by atoms with van der Waals surface area (Å²) in [4.78, 5) is 12.3. The highest BCUT2D eigenvalue weighted by molar-refractivity contribution is 5.36. The number of hydrogen-bond acceptors (Lipinski definition) is 5. The SMILES string of the molecule is N#[N+]C=C(O)Oc1ccc([N+](=O)[O-])cc1. The van der Waals surface area contributed by atoms with Crippen LogP contribution in [0.4, 0.5) is 5.69 Å². The zero-order valence-electron chi connectivity index (χ0n) is 7.40. The fourth-order valence-electron chi connectivity index (χ4n) is 0.832. The summed E-state index contributed by atoms with van der Waals surface area (Å²) in [5.41, 5.74) is -0.0855. The number of ether oxygens (including phenoxy) is 1. The van der Waals surface area contributed by atoms with Crippen molar-refractivity contribution < 1.29 is 14.8 Å². The van der Waals surface area contributed by atoms with E-state index in [2.05, 4.69) is 4.98 Å². The van der Waals surface area contributed by atoms with Gasteiger partial charge in [0.05, 0.1) is 4.92 Å². The average molecular weight is 208 g/mol. The normalized spacial score (nSPS) is 10.5. The molecule has 0 radical (unpaired) electrons. The van der Waals surface area contributed by atoms with Crippen molar-refractivity contribution in [2.75, 3.05) is 0 Å². The van der Waals surface area contributed by atoms with Crippen molar-refractivity contribution in [3.8, 4) is 5.75 Å². The average Bonchev–Trinajstić information content (AvgIpc) is 2.18. The molecule has 7 nitrogen and oxygen atoms in total. The van der Waals surface area contributed by atoms with Gasteiger partial charge in [-0.15, -0.1) is 0 Å². The first-order valence-corrected chi connectivity index (χ1v) is 3.79. The van der Waals surface area contributed by atoms with Crippen LogP contribution in [0.1, 0.15) is 0 Å². The summed E-state index contributed by atoms with van der Waals surface area (Å²) in [7, 11) is 0. The lowest BCUT2D eigenvalue weighted by Gasteiger charge is -1.99. The van der Waals surface area contributed by atoms with E-state index in [0.717, 1.165) is 0 Å². The van der Waals surface area contributed by atoms with Crippen LogP contribution in [0.15, 0.2) is 36.4 Å². The van der Waals surface area contributed by atoms with Gasteiger partial charge in [0.2, 0.25) is 5.39 Å². The Balaban J connectivity index is 2.78. The van der Waals surface area contributed by atoms with Crippen molar-refractivity contribution in [2.45, 2.75) is 0 Å². The lowest BCUT2D eigenvalue weighted by atomic mass is 10.3. The third-order valence-electron chi connectivity index (χ3n) is 1.44. The highest BCUT2D eigenvalue weighted by Crippen LogP contribution is 2.18. The predicted octanol–water partition coefficient (Wildman–Crippen LogP) is 2.18. The lowest BCUT2D eigenvalue weighted by molar-refractivity contribution is -0.384. The van der Waals surface area contributed by atoms with Crippen molar-refractivity contribution in [1.29, 1.82) is 5.39 Å². The van der Waals surface area contributed by atoms with E-state index < -0.39 is 10.9 Å². The Labute approximate surface area is 84.0 Å². The second-order valence-corrected chi connectivity index (χ2v) is 2.44. The van der Waals surface area contributed by atoms with Crippen LogP contribution < -0.4 is 4.74 Å². The summed E-state index contributed by atoms with van der Waals surface area (Å²) in [6, 6.07) is 5.05. The molecule has 1 rings (SSSR count). The molecule has 0 bridgehead atoms. The molecule has 0 aliphatic heterocycles. The summed E-state index contributed by atoms with van der Waals surface area (Å²) in [5.74, 6) is -0.427. The first kappa shape index (κ1) is 10.5. The van der Waals surface area contributed by atoms with Crippen LogP contribution in [0.3, 0.4) is 0 Å². The van der Waals surface area contributed by atoms with Gasteiger partial charge in [-0.1, -0.05) is 0 Å². The van der Waals surface area contributed by atoms with Gasteiger partial charge in [0, 0.05) is 12.1 Å². The Hall–Kier alpha value is -2.62. The Morgan fingerprint density at radius 1 is 1.53 bits per heavy atom.